The molecule has 0 saturated carbocycles. The Labute approximate surface area is 101 Å². The van der Waals surface area contributed by atoms with Crippen molar-refractivity contribution < 1.29 is 9.59 Å². The van der Waals surface area contributed by atoms with Gasteiger partial charge in [0.2, 0.25) is 11.8 Å². The summed E-state index contributed by atoms with van der Waals surface area (Å²) in [4.78, 5) is 24.2. The predicted molar refractivity (Wildman–Crippen MR) is 66.9 cm³/mol. The second-order valence-corrected chi connectivity index (χ2v) is 4.62. The number of amides is 2. The largest absolute Gasteiger partial charge is 0.393 e. The molecule has 0 radical (unpaired) electrons. The predicted octanol–water partition coefficient (Wildman–Crippen LogP) is -0.107. The Kier molecular flexibility index (Phi) is 6.64. The second kappa shape index (κ2) is 7.16. The summed E-state index contributed by atoms with van der Waals surface area (Å²) in [5, 5.41) is 2.72. The fourth-order valence-corrected chi connectivity index (χ4v) is 1.08. The average Bonchev–Trinajstić information content (AvgIpc) is 2.13. The van der Waals surface area contributed by atoms with Gasteiger partial charge in [-0.15, -0.1) is 0 Å². The molecule has 0 bridgehead atoms. The highest BCUT2D eigenvalue weighted by molar-refractivity contribution is 7.80. The van der Waals surface area contributed by atoms with E-state index in [9.17, 15) is 9.59 Å². The Morgan fingerprint density at radius 1 is 1.44 bits per heavy atom. The SMILES string of the molecule is CC(C)CNC(=O)CN(C)C(=O)CC(N)=S. The van der Waals surface area contributed by atoms with E-state index in [0.29, 0.717) is 12.5 Å². The van der Waals surface area contributed by atoms with E-state index in [-0.39, 0.29) is 29.8 Å². The lowest BCUT2D eigenvalue weighted by Gasteiger charge is -2.16. The maximum atomic E-state index is 11.4. The van der Waals surface area contributed by atoms with E-state index in [1.54, 1.807) is 7.05 Å². The summed E-state index contributed by atoms with van der Waals surface area (Å²) >= 11 is 4.62. The highest BCUT2D eigenvalue weighted by Crippen LogP contribution is 1.92. The van der Waals surface area contributed by atoms with Crippen molar-refractivity contribution >= 4 is 29.0 Å². The molecule has 0 unspecified atom stereocenters. The van der Waals surface area contributed by atoms with Crippen LogP contribution in [0, 0.1) is 5.92 Å². The number of likely N-dealkylation sites (N-methyl/N-ethyl adjacent to an activating group) is 1. The Morgan fingerprint density at radius 3 is 2.44 bits per heavy atom. The van der Waals surface area contributed by atoms with Gasteiger partial charge in [-0.1, -0.05) is 26.1 Å². The van der Waals surface area contributed by atoms with Crippen LogP contribution < -0.4 is 11.1 Å². The summed E-state index contributed by atoms with van der Waals surface area (Å²) in [6.07, 6.45) is 0.00327. The fourth-order valence-electron chi connectivity index (χ4n) is 0.961. The molecule has 0 aromatic carbocycles. The zero-order valence-electron chi connectivity index (χ0n) is 9.95. The molecule has 0 spiro atoms. The maximum absolute atomic E-state index is 11.4. The Balaban J connectivity index is 3.94. The van der Waals surface area contributed by atoms with Gasteiger partial charge < -0.3 is 16.0 Å². The quantitative estimate of drug-likeness (QED) is 0.640. The van der Waals surface area contributed by atoms with Crippen LogP contribution in [0.1, 0.15) is 20.3 Å². The molecule has 0 aromatic heterocycles. The minimum atomic E-state index is -0.243. The van der Waals surface area contributed by atoms with Crippen LogP contribution in [0.15, 0.2) is 0 Å². The van der Waals surface area contributed by atoms with Crippen LogP contribution in [0.5, 0.6) is 0 Å². The Morgan fingerprint density at radius 2 is 2.00 bits per heavy atom. The van der Waals surface area contributed by atoms with Crippen molar-refractivity contribution in [2.45, 2.75) is 20.3 Å². The van der Waals surface area contributed by atoms with E-state index < -0.39 is 0 Å². The molecule has 0 fully saturated rings. The molecule has 5 nitrogen and oxygen atoms in total. The summed E-state index contributed by atoms with van der Waals surface area (Å²) in [7, 11) is 1.55. The number of nitrogens with zero attached hydrogens (tertiary/aromatic N) is 1. The lowest BCUT2D eigenvalue weighted by Crippen LogP contribution is -2.40. The second-order valence-electron chi connectivity index (χ2n) is 4.09. The van der Waals surface area contributed by atoms with Gasteiger partial charge in [0, 0.05) is 13.6 Å². The summed E-state index contributed by atoms with van der Waals surface area (Å²) in [5.41, 5.74) is 5.24. The average molecular weight is 245 g/mol. The smallest absolute Gasteiger partial charge is 0.239 e. The lowest BCUT2D eigenvalue weighted by molar-refractivity contribution is -0.133. The Hall–Kier alpha value is -1.17. The number of nitrogens with one attached hydrogen (secondary N) is 1. The molecular formula is C10H19N3O2S. The minimum absolute atomic E-state index is 0.00327. The highest BCUT2D eigenvalue weighted by atomic mass is 32.1. The fraction of sp³-hybridized carbons (Fsp3) is 0.700. The zero-order chi connectivity index (χ0) is 12.7. The van der Waals surface area contributed by atoms with E-state index in [4.69, 9.17) is 5.73 Å². The third-order valence-corrected chi connectivity index (χ3v) is 1.98. The third-order valence-electron chi connectivity index (χ3n) is 1.84. The molecule has 92 valence electrons. The molecule has 0 aliphatic rings. The van der Waals surface area contributed by atoms with Crippen LogP contribution in [0.3, 0.4) is 0 Å². The summed E-state index contributed by atoms with van der Waals surface area (Å²) in [6.45, 7) is 4.65. The van der Waals surface area contributed by atoms with Gasteiger partial charge in [-0.25, -0.2) is 0 Å². The normalized spacial score (nSPS) is 10.0. The Bertz CT molecular complexity index is 279. The molecule has 2 amide bonds. The first-order valence-electron chi connectivity index (χ1n) is 5.12. The van der Waals surface area contributed by atoms with Gasteiger partial charge >= 0.3 is 0 Å². The minimum Gasteiger partial charge on any atom is -0.393 e. The molecule has 0 atom stereocenters. The number of carbonyl (C=O) groups excluding carboxylic acids is 2. The van der Waals surface area contributed by atoms with Crippen molar-refractivity contribution in [3.8, 4) is 0 Å². The topological polar surface area (TPSA) is 75.4 Å². The maximum Gasteiger partial charge on any atom is 0.239 e. The van der Waals surface area contributed by atoms with E-state index >= 15 is 0 Å². The van der Waals surface area contributed by atoms with E-state index in [1.807, 2.05) is 13.8 Å². The summed E-state index contributed by atoms with van der Waals surface area (Å²) < 4.78 is 0. The molecular weight excluding hydrogens is 226 g/mol. The number of hydrogen-bond acceptors (Lipinski definition) is 3. The van der Waals surface area contributed by atoms with Crippen molar-refractivity contribution in [3.63, 3.8) is 0 Å². The first kappa shape index (κ1) is 14.8. The van der Waals surface area contributed by atoms with Crippen molar-refractivity contribution in [2.75, 3.05) is 20.1 Å². The van der Waals surface area contributed by atoms with E-state index in [0.717, 1.165) is 0 Å². The molecule has 0 aliphatic carbocycles. The molecule has 0 saturated heterocycles. The zero-order valence-corrected chi connectivity index (χ0v) is 10.8. The molecule has 3 N–H and O–H groups in total. The van der Waals surface area contributed by atoms with Crippen molar-refractivity contribution in [1.29, 1.82) is 0 Å². The van der Waals surface area contributed by atoms with Gasteiger partial charge in [-0.3, -0.25) is 9.59 Å². The van der Waals surface area contributed by atoms with Crippen LogP contribution >= 0.6 is 12.2 Å². The van der Waals surface area contributed by atoms with Gasteiger partial charge in [-0.2, -0.15) is 0 Å². The first-order valence-corrected chi connectivity index (χ1v) is 5.52. The molecule has 16 heavy (non-hydrogen) atoms. The standard InChI is InChI=1S/C10H19N3O2S/c1-7(2)5-12-9(14)6-13(3)10(15)4-8(11)16/h7H,4-6H2,1-3H3,(H2,11,16)(H,12,14). The monoisotopic (exact) mass is 245 g/mol. The number of nitrogens with two attached hydrogens (primary N) is 1. The van der Waals surface area contributed by atoms with Crippen LogP contribution in [-0.4, -0.2) is 41.8 Å². The van der Waals surface area contributed by atoms with Gasteiger partial charge in [0.25, 0.3) is 0 Å². The number of carbonyl (C=O) groups is 2. The van der Waals surface area contributed by atoms with Crippen LogP contribution in [0.25, 0.3) is 0 Å². The third kappa shape index (κ3) is 7.17. The number of thiocarbonyl (C=S) groups is 1. The van der Waals surface area contributed by atoms with Gasteiger partial charge in [0.15, 0.2) is 0 Å². The van der Waals surface area contributed by atoms with Crippen molar-refractivity contribution in [3.05, 3.63) is 0 Å². The van der Waals surface area contributed by atoms with Gasteiger partial charge in [0.05, 0.1) is 18.0 Å². The van der Waals surface area contributed by atoms with Crippen LogP contribution in [0.4, 0.5) is 0 Å². The van der Waals surface area contributed by atoms with Crippen molar-refractivity contribution in [1.82, 2.24) is 10.2 Å². The molecule has 6 heteroatoms. The van der Waals surface area contributed by atoms with Gasteiger partial charge in [-0.05, 0) is 5.92 Å². The highest BCUT2D eigenvalue weighted by Gasteiger charge is 2.13. The van der Waals surface area contributed by atoms with Crippen LogP contribution in [0.2, 0.25) is 0 Å². The number of rotatable bonds is 6. The van der Waals surface area contributed by atoms with Gasteiger partial charge in [0.1, 0.15) is 0 Å². The molecule has 0 rings (SSSR count). The lowest BCUT2D eigenvalue weighted by atomic mass is 10.2. The molecule has 0 aliphatic heterocycles. The van der Waals surface area contributed by atoms with E-state index in [1.165, 1.54) is 4.90 Å². The van der Waals surface area contributed by atoms with Crippen LogP contribution in [-0.2, 0) is 9.59 Å². The first-order chi connectivity index (χ1) is 7.32. The molecule has 0 heterocycles. The summed E-state index contributed by atoms with van der Waals surface area (Å²) in [5.74, 6) is -0.0266. The van der Waals surface area contributed by atoms with Crippen molar-refractivity contribution in [2.24, 2.45) is 11.7 Å². The molecule has 0 aromatic rings. The summed E-state index contributed by atoms with van der Waals surface area (Å²) in [6, 6.07) is 0. The number of hydrogen-bond donors (Lipinski definition) is 2. The van der Waals surface area contributed by atoms with E-state index in [2.05, 4.69) is 17.5 Å².